The van der Waals surface area contributed by atoms with E-state index in [0.29, 0.717) is 29.1 Å². The smallest absolute Gasteiger partial charge is 0.332 e. The first-order valence-corrected chi connectivity index (χ1v) is 13.4. The average Bonchev–Trinajstić information content (AvgIpc) is 3.55. The number of aromatic nitrogens is 1. The van der Waals surface area contributed by atoms with Crippen molar-refractivity contribution in [3.05, 3.63) is 67.3 Å². The molecule has 1 saturated carbocycles. The molecule has 0 bridgehead atoms. The highest BCUT2D eigenvalue weighted by Crippen LogP contribution is 2.46. The van der Waals surface area contributed by atoms with E-state index in [-0.39, 0.29) is 25.5 Å². The lowest BCUT2D eigenvalue weighted by Gasteiger charge is -2.25. The Morgan fingerprint density at radius 2 is 1.98 bits per heavy atom. The third-order valence-electron chi connectivity index (χ3n) is 7.58. The van der Waals surface area contributed by atoms with Gasteiger partial charge in [-0.25, -0.2) is 20.4 Å². The monoisotopic (exact) mass is 559 g/mol. The van der Waals surface area contributed by atoms with Gasteiger partial charge >= 0.3 is 12.0 Å². The van der Waals surface area contributed by atoms with E-state index in [2.05, 4.69) is 17.3 Å². The van der Waals surface area contributed by atoms with Gasteiger partial charge in [0.2, 0.25) is 5.91 Å². The van der Waals surface area contributed by atoms with Crippen LogP contribution in [0.2, 0.25) is 0 Å². The van der Waals surface area contributed by atoms with Crippen molar-refractivity contribution >= 4 is 28.8 Å². The van der Waals surface area contributed by atoms with Crippen molar-refractivity contribution in [3.63, 3.8) is 0 Å². The molecule has 41 heavy (non-hydrogen) atoms. The number of rotatable bonds is 9. The molecule has 4 N–H and O–H groups in total. The van der Waals surface area contributed by atoms with Crippen LogP contribution in [-0.2, 0) is 14.3 Å². The number of hydrogen-bond acceptors (Lipinski definition) is 8. The van der Waals surface area contributed by atoms with Crippen molar-refractivity contribution < 1.29 is 28.6 Å². The zero-order valence-electron chi connectivity index (χ0n) is 23.0. The fourth-order valence-corrected chi connectivity index (χ4v) is 5.34. The molecule has 4 atom stereocenters. The van der Waals surface area contributed by atoms with Gasteiger partial charge in [-0.05, 0) is 25.5 Å². The normalized spacial score (nSPS) is 23.0. The summed E-state index contributed by atoms with van der Waals surface area (Å²) in [6, 6.07) is 15.5. The molecule has 1 aliphatic heterocycles. The maximum atomic E-state index is 13.5. The Bertz CT molecular complexity index is 1480. The number of hydrazine groups is 1. The summed E-state index contributed by atoms with van der Waals surface area (Å²) in [7, 11) is 1.59. The molecule has 5 rings (SSSR count). The zero-order chi connectivity index (χ0) is 29.1. The first-order valence-electron chi connectivity index (χ1n) is 13.4. The largest absolute Gasteiger partial charge is 0.497 e. The summed E-state index contributed by atoms with van der Waals surface area (Å²) in [5.74, 6) is 5.37. The molecule has 214 valence electrons. The minimum Gasteiger partial charge on any atom is -0.497 e. The number of carbonyl (C=O) groups excluding carboxylic acids is 3. The fraction of sp³-hybridized carbons (Fsp3) is 0.333. The Kier molecular flexibility index (Phi) is 7.80. The lowest BCUT2D eigenvalue weighted by molar-refractivity contribution is -0.149. The summed E-state index contributed by atoms with van der Waals surface area (Å²) in [4.78, 5) is 45.1. The second-order valence-corrected chi connectivity index (χ2v) is 10.1. The van der Waals surface area contributed by atoms with Crippen LogP contribution in [0.3, 0.4) is 0 Å². The van der Waals surface area contributed by atoms with Crippen molar-refractivity contribution in [2.45, 2.75) is 37.5 Å². The van der Waals surface area contributed by atoms with E-state index in [4.69, 9.17) is 25.0 Å². The summed E-state index contributed by atoms with van der Waals surface area (Å²) in [6.45, 7) is 5.74. The van der Waals surface area contributed by atoms with Gasteiger partial charge in [0.25, 0.3) is 0 Å². The summed E-state index contributed by atoms with van der Waals surface area (Å²) in [5.41, 5.74) is 3.19. The van der Waals surface area contributed by atoms with Gasteiger partial charge in [0.05, 0.1) is 31.5 Å². The summed E-state index contributed by atoms with van der Waals surface area (Å²) >= 11 is 0. The van der Waals surface area contributed by atoms with Gasteiger partial charge in [0.15, 0.2) is 0 Å². The Balaban J connectivity index is 1.43. The number of nitrogens with zero attached hydrogens (tertiary/aromatic N) is 2. The third-order valence-corrected chi connectivity index (χ3v) is 7.58. The molecule has 0 spiro atoms. The number of urea groups is 1. The molecule has 0 unspecified atom stereocenters. The van der Waals surface area contributed by atoms with Crippen LogP contribution in [0.15, 0.2) is 67.3 Å². The van der Waals surface area contributed by atoms with Crippen LogP contribution in [0.1, 0.15) is 19.8 Å². The molecule has 3 aromatic rings. The molecule has 11 nitrogen and oxygen atoms in total. The number of hydrogen-bond donors (Lipinski definition) is 3. The molecule has 1 aromatic heterocycles. The van der Waals surface area contributed by atoms with E-state index in [1.165, 1.54) is 4.90 Å². The molecular weight excluding hydrogens is 526 g/mol. The van der Waals surface area contributed by atoms with Gasteiger partial charge in [-0.2, -0.15) is 0 Å². The Labute approximate surface area is 237 Å². The lowest BCUT2D eigenvalue weighted by atomic mass is 10.1. The van der Waals surface area contributed by atoms with Crippen molar-refractivity contribution in [2.24, 2.45) is 11.8 Å². The molecule has 1 saturated heterocycles. The summed E-state index contributed by atoms with van der Waals surface area (Å²) < 4.78 is 17.1. The van der Waals surface area contributed by atoms with Crippen LogP contribution in [0.5, 0.6) is 11.5 Å². The molecule has 3 amide bonds. The number of nitrogens with one attached hydrogen (secondary N) is 2. The maximum Gasteiger partial charge on any atom is 0.332 e. The van der Waals surface area contributed by atoms with Gasteiger partial charge in [-0.1, -0.05) is 36.4 Å². The Morgan fingerprint density at radius 3 is 2.63 bits per heavy atom. The Morgan fingerprint density at radius 1 is 1.20 bits per heavy atom. The highest BCUT2D eigenvalue weighted by Gasteiger charge is 2.62. The molecular formula is C30H33N5O6. The van der Waals surface area contributed by atoms with E-state index < -0.39 is 35.6 Å². The number of esters is 1. The number of fused-ring (bicyclic) bond motifs is 1. The minimum absolute atomic E-state index is 0.0963. The van der Waals surface area contributed by atoms with E-state index in [1.807, 2.05) is 54.6 Å². The molecule has 2 fully saturated rings. The second-order valence-electron chi connectivity index (χ2n) is 10.1. The molecule has 0 radical (unpaired) electrons. The quantitative estimate of drug-likeness (QED) is 0.119. The minimum atomic E-state index is -1.19. The van der Waals surface area contributed by atoms with Crippen molar-refractivity contribution in [1.29, 1.82) is 0 Å². The first kappa shape index (κ1) is 27.9. The van der Waals surface area contributed by atoms with Gasteiger partial charge in [0.1, 0.15) is 29.2 Å². The van der Waals surface area contributed by atoms with Crippen molar-refractivity contribution in [1.82, 2.24) is 20.6 Å². The predicted octanol–water partition coefficient (Wildman–Crippen LogP) is 2.94. The Hall–Kier alpha value is -4.64. The zero-order valence-corrected chi connectivity index (χ0v) is 23.0. The summed E-state index contributed by atoms with van der Waals surface area (Å²) in [5, 5.41) is 3.59. The fourth-order valence-electron chi connectivity index (χ4n) is 5.34. The van der Waals surface area contributed by atoms with E-state index in [1.54, 1.807) is 20.1 Å². The summed E-state index contributed by atoms with van der Waals surface area (Å²) in [6.07, 6.45) is 1.63. The van der Waals surface area contributed by atoms with E-state index in [0.717, 1.165) is 10.9 Å². The SMILES string of the molecule is C=C[C@@H]1C[C@]1(NC(=O)[C@H]1C[C@@H](Oc2cc(-c3ccccc3)nc3cc(OC)ccc23)CN1C(=O)NN)C(=O)OCC. The van der Waals surface area contributed by atoms with Crippen LogP contribution < -0.4 is 26.1 Å². The van der Waals surface area contributed by atoms with Crippen molar-refractivity contribution in [2.75, 3.05) is 20.3 Å². The average molecular weight is 560 g/mol. The second kappa shape index (κ2) is 11.5. The number of likely N-dealkylation sites (tertiary alicyclic amines) is 1. The van der Waals surface area contributed by atoms with E-state index >= 15 is 0 Å². The number of benzene rings is 2. The number of nitrogens with two attached hydrogens (primary N) is 1. The number of carbonyl (C=O) groups is 3. The first-order chi connectivity index (χ1) is 19.8. The van der Waals surface area contributed by atoms with Gasteiger partial charge in [0, 0.05) is 35.4 Å². The maximum absolute atomic E-state index is 13.5. The number of ether oxygens (including phenoxy) is 3. The molecule has 2 heterocycles. The van der Waals surface area contributed by atoms with Crippen LogP contribution in [0.25, 0.3) is 22.2 Å². The third kappa shape index (κ3) is 5.40. The topological polar surface area (TPSA) is 145 Å². The van der Waals surface area contributed by atoms with Crippen LogP contribution >= 0.6 is 0 Å². The molecule has 1 aliphatic carbocycles. The van der Waals surface area contributed by atoms with Crippen LogP contribution in [0.4, 0.5) is 4.79 Å². The van der Waals surface area contributed by atoms with Gasteiger partial charge in [-0.15, -0.1) is 6.58 Å². The number of methoxy groups -OCH3 is 1. The number of amides is 3. The highest BCUT2D eigenvalue weighted by atomic mass is 16.5. The highest BCUT2D eigenvalue weighted by molar-refractivity contribution is 5.95. The van der Waals surface area contributed by atoms with Gasteiger partial charge in [-0.3, -0.25) is 10.2 Å². The van der Waals surface area contributed by atoms with Gasteiger partial charge < -0.3 is 24.4 Å². The predicted molar refractivity (Wildman–Crippen MR) is 152 cm³/mol. The van der Waals surface area contributed by atoms with Crippen molar-refractivity contribution in [3.8, 4) is 22.8 Å². The lowest BCUT2D eigenvalue weighted by Crippen LogP contribution is -2.55. The molecule has 2 aromatic carbocycles. The molecule has 11 heteroatoms. The van der Waals surface area contributed by atoms with Crippen LogP contribution in [-0.4, -0.2) is 65.7 Å². The standard InChI is InChI=1S/C30H33N5O6/c1-4-19-16-30(19,28(37)40-5-2)33-27(36)25-14-21(17-35(25)29(38)34-31)41-26-15-23(18-9-7-6-8-10-18)32-24-13-20(39-3)11-12-22(24)26/h4,6-13,15,19,21,25H,1,5,14,16-17,31H2,2-3H3,(H,33,36)(H,34,38)/t19-,21-,25-,30-/m1/s1. The van der Waals surface area contributed by atoms with Crippen LogP contribution in [0, 0.1) is 5.92 Å². The van der Waals surface area contributed by atoms with E-state index in [9.17, 15) is 14.4 Å². The molecule has 2 aliphatic rings. The number of pyridine rings is 1.